The molecular weight excluding hydrogens is 326 g/mol. The highest BCUT2D eigenvalue weighted by molar-refractivity contribution is 7.19. The number of benzene rings is 1. The molecule has 2 aromatic rings. The summed E-state index contributed by atoms with van der Waals surface area (Å²) in [7, 11) is 1.59. The normalized spacial score (nSPS) is 17.4. The minimum atomic E-state index is -0.349. The molecule has 1 fully saturated rings. The molecule has 3 rings (SSSR count). The lowest BCUT2D eigenvalue weighted by atomic mass is 10.1. The number of carbonyl (C=O) groups excluding carboxylic acids is 1. The van der Waals surface area contributed by atoms with E-state index in [1.165, 1.54) is 30.6 Å². The molecule has 2 heterocycles. The summed E-state index contributed by atoms with van der Waals surface area (Å²) in [6.07, 6.45) is 3.59. The summed E-state index contributed by atoms with van der Waals surface area (Å²) in [6, 6.07) is 7.29. The molecule has 1 saturated heterocycles. The summed E-state index contributed by atoms with van der Waals surface area (Å²) >= 11 is 1.40. The lowest BCUT2D eigenvalue weighted by molar-refractivity contribution is 0.262. The van der Waals surface area contributed by atoms with Crippen LogP contribution in [0.2, 0.25) is 0 Å². The average molecular weight is 347 g/mol. The number of hydrogen-bond acceptors (Lipinski definition) is 6. The average Bonchev–Trinajstić information content (AvgIpc) is 3.03. The van der Waals surface area contributed by atoms with E-state index in [0.717, 1.165) is 11.7 Å². The molecule has 0 radical (unpaired) electrons. The van der Waals surface area contributed by atoms with E-state index in [4.69, 9.17) is 4.74 Å². The Hall–Kier alpha value is -2.35. The zero-order valence-corrected chi connectivity index (χ0v) is 14.6. The molecule has 0 saturated carbocycles. The van der Waals surface area contributed by atoms with E-state index in [-0.39, 0.29) is 6.03 Å². The van der Waals surface area contributed by atoms with Gasteiger partial charge in [-0.05, 0) is 38.3 Å². The molecule has 7 nitrogen and oxygen atoms in total. The van der Waals surface area contributed by atoms with Gasteiger partial charge in [0, 0.05) is 24.3 Å². The van der Waals surface area contributed by atoms with E-state index >= 15 is 0 Å². The summed E-state index contributed by atoms with van der Waals surface area (Å²) in [5.41, 5.74) is 0.654. The first-order valence-electron chi connectivity index (χ1n) is 7.98. The fraction of sp³-hybridized carbons (Fsp3) is 0.438. The molecule has 1 atom stereocenters. The Morgan fingerprint density at radius 3 is 3.00 bits per heavy atom. The zero-order chi connectivity index (χ0) is 16.9. The molecule has 128 valence electrons. The molecule has 0 spiro atoms. The van der Waals surface area contributed by atoms with E-state index in [1.54, 1.807) is 19.2 Å². The molecule has 24 heavy (non-hydrogen) atoms. The van der Waals surface area contributed by atoms with Crippen molar-refractivity contribution in [2.24, 2.45) is 0 Å². The van der Waals surface area contributed by atoms with Crippen molar-refractivity contribution in [3.05, 3.63) is 24.3 Å². The topological polar surface area (TPSA) is 79.4 Å². The van der Waals surface area contributed by atoms with Gasteiger partial charge in [-0.15, -0.1) is 10.2 Å². The van der Waals surface area contributed by atoms with Crippen molar-refractivity contribution in [3.63, 3.8) is 0 Å². The fourth-order valence-electron chi connectivity index (χ4n) is 2.72. The van der Waals surface area contributed by atoms with Crippen LogP contribution >= 0.6 is 11.3 Å². The minimum absolute atomic E-state index is 0.349. The second-order valence-electron chi connectivity index (χ2n) is 5.74. The van der Waals surface area contributed by atoms with Crippen molar-refractivity contribution in [2.45, 2.75) is 32.2 Å². The van der Waals surface area contributed by atoms with E-state index in [2.05, 4.69) is 32.7 Å². The molecule has 2 N–H and O–H groups in total. The number of nitrogens with zero attached hydrogens (tertiary/aromatic N) is 3. The number of aromatic nitrogens is 2. The van der Waals surface area contributed by atoms with Gasteiger partial charge in [0.15, 0.2) is 0 Å². The maximum atomic E-state index is 12.1. The quantitative estimate of drug-likeness (QED) is 0.884. The molecule has 0 bridgehead atoms. The van der Waals surface area contributed by atoms with E-state index < -0.39 is 0 Å². The van der Waals surface area contributed by atoms with Crippen LogP contribution in [0.3, 0.4) is 0 Å². The highest BCUT2D eigenvalue weighted by Gasteiger charge is 2.22. The van der Waals surface area contributed by atoms with Crippen molar-refractivity contribution < 1.29 is 9.53 Å². The molecular formula is C16H21N5O2S. The molecule has 1 aliphatic rings. The highest BCUT2D eigenvalue weighted by atomic mass is 32.1. The summed E-state index contributed by atoms with van der Waals surface area (Å²) in [5, 5.41) is 15.1. The van der Waals surface area contributed by atoms with Gasteiger partial charge < -0.3 is 15.0 Å². The first-order valence-corrected chi connectivity index (χ1v) is 8.79. The van der Waals surface area contributed by atoms with Gasteiger partial charge in [-0.1, -0.05) is 17.4 Å². The Kier molecular flexibility index (Phi) is 5.14. The number of nitrogens with one attached hydrogen (secondary N) is 2. The van der Waals surface area contributed by atoms with Gasteiger partial charge in [0.05, 0.1) is 7.11 Å². The number of ether oxygens (including phenoxy) is 1. The molecule has 0 aliphatic carbocycles. The monoisotopic (exact) mass is 347 g/mol. The van der Waals surface area contributed by atoms with E-state index in [9.17, 15) is 4.79 Å². The number of amides is 2. The number of carbonyl (C=O) groups is 1. The maximum Gasteiger partial charge on any atom is 0.325 e. The third-order valence-electron chi connectivity index (χ3n) is 4.01. The van der Waals surface area contributed by atoms with Crippen LogP contribution in [-0.4, -0.2) is 35.9 Å². The first-order chi connectivity index (χ1) is 11.7. The number of anilines is 3. The van der Waals surface area contributed by atoms with Crippen LogP contribution < -0.4 is 20.3 Å². The number of urea groups is 1. The fourth-order valence-corrected chi connectivity index (χ4v) is 3.59. The van der Waals surface area contributed by atoms with Crippen molar-refractivity contribution in [1.82, 2.24) is 10.2 Å². The minimum Gasteiger partial charge on any atom is -0.497 e. The maximum absolute atomic E-state index is 12.1. The van der Waals surface area contributed by atoms with Crippen LogP contribution in [0.15, 0.2) is 24.3 Å². The molecule has 0 unspecified atom stereocenters. The van der Waals surface area contributed by atoms with Gasteiger partial charge in [0.2, 0.25) is 10.3 Å². The Morgan fingerprint density at radius 1 is 1.33 bits per heavy atom. The third-order valence-corrected chi connectivity index (χ3v) is 4.89. The van der Waals surface area contributed by atoms with Gasteiger partial charge in [-0.2, -0.15) is 0 Å². The van der Waals surface area contributed by atoms with Crippen molar-refractivity contribution >= 4 is 33.3 Å². The lowest BCUT2D eigenvalue weighted by Gasteiger charge is -2.32. The second kappa shape index (κ2) is 7.48. The lowest BCUT2D eigenvalue weighted by Crippen LogP contribution is -2.37. The first kappa shape index (κ1) is 16.5. The molecule has 2 amide bonds. The number of piperidine rings is 1. The molecule has 8 heteroatoms. The molecule has 1 aromatic heterocycles. The van der Waals surface area contributed by atoms with Crippen LogP contribution in [0.25, 0.3) is 0 Å². The van der Waals surface area contributed by atoms with E-state index in [1.807, 2.05) is 12.1 Å². The van der Waals surface area contributed by atoms with Crippen LogP contribution in [0, 0.1) is 0 Å². The standard InChI is InChI=1S/C16H21N5O2S/c1-11-6-3-4-9-21(11)16-20-19-15(24-16)18-14(22)17-12-7-5-8-13(10-12)23-2/h5,7-8,10-11H,3-4,6,9H2,1-2H3,(H2,17,18,19,22)/t11-/m0/s1. The predicted molar refractivity (Wildman–Crippen MR) is 96.2 cm³/mol. The third kappa shape index (κ3) is 3.94. The number of methoxy groups -OCH3 is 1. The smallest absolute Gasteiger partial charge is 0.325 e. The second-order valence-corrected chi connectivity index (χ2v) is 6.70. The summed E-state index contributed by atoms with van der Waals surface area (Å²) in [6.45, 7) is 3.19. The van der Waals surface area contributed by atoms with Crippen molar-refractivity contribution in [1.29, 1.82) is 0 Å². The van der Waals surface area contributed by atoms with Crippen LogP contribution in [0.1, 0.15) is 26.2 Å². The Labute approximate surface area is 145 Å². The van der Waals surface area contributed by atoms with Crippen molar-refractivity contribution in [3.8, 4) is 5.75 Å². The Bertz CT molecular complexity index is 705. The van der Waals surface area contributed by atoms with Crippen LogP contribution in [0.4, 0.5) is 20.7 Å². The Balaban J connectivity index is 1.60. The summed E-state index contributed by atoms with van der Waals surface area (Å²) in [5.74, 6) is 0.685. The number of hydrogen-bond donors (Lipinski definition) is 2. The summed E-state index contributed by atoms with van der Waals surface area (Å²) in [4.78, 5) is 14.3. The van der Waals surface area contributed by atoms with Crippen LogP contribution in [0.5, 0.6) is 5.75 Å². The zero-order valence-electron chi connectivity index (χ0n) is 13.8. The Morgan fingerprint density at radius 2 is 2.21 bits per heavy atom. The number of rotatable bonds is 4. The largest absolute Gasteiger partial charge is 0.497 e. The van der Waals surface area contributed by atoms with Crippen LogP contribution in [-0.2, 0) is 0 Å². The van der Waals surface area contributed by atoms with Gasteiger partial charge in [0.1, 0.15) is 5.75 Å². The SMILES string of the molecule is COc1cccc(NC(=O)Nc2nnc(N3CCCC[C@@H]3C)s2)c1. The highest BCUT2D eigenvalue weighted by Crippen LogP contribution is 2.29. The molecule has 1 aliphatic heterocycles. The van der Waals surface area contributed by atoms with E-state index in [0.29, 0.717) is 22.6 Å². The van der Waals surface area contributed by atoms with Gasteiger partial charge in [-0.25, -0.2) is 4.79 Å². The molecule has 1 aromatic carbocycles. The summed E-state index contributed by atoms with van der Waals surface area (Å²) < 4.78 is 5.14. The van der Waals surface area contributed by atoms with Crippen molar-refractivity contribution in [2.75, 3.05) is 29.2 Å². The predicted octanol–water partition coefficient (Wildman–Crippen LogP) is 3.57. The van der Waals surface area contributed by atoms with Gasteiger partial charge in [-0.3, -0.25) is 5.32 Å². The van der Waals surface area contributed by atoms with Gasteiger partial charge in [0.25, 0.3) is 0 Å². The van der Waals surface area contributed by atoms with Gasteiger partial charge >= 0.3 is 6.03 Å².